The topological polar surface area (TPSA) is 67.9 Å². The van der Waals surface area contributed by atoms with Gasteiger partial charge in [0.1, 0.15) is 0 Å². The Morgan fingerprint density at radius 1 is 1.58 bits per heavy atom. The van der Waals surface area contributed by atoms with Gasteiger partial charge in [-0.15, -0.1) is 0 Å². The van der Waals surface area contributed by atoms with Crippen molar-refractivity contribution in [2.24, 2.45) is 5.92 Å². The first-order chi connectivity index (χ1) is 5.59. The molecule has 1 aliphatic rings. The van der Waals surface area contributed by atoms with Crippen LogP contribution in [0.5, 0.6) is 0 Å². The number of hydrogen-bond donors (Lipinski definition) is 3. The molecular formula is C9H16N2O. The van der Waals surface area contributed by atoms with E-state index in [1.807, 2.05) is 0 Å². The lowest BCUT2D eigenvalue weighted by Crippen LogP contribution is -2.09. The fourth-order valence-corrected chi connectivity index (χ4v) is 1.59. The molecule has 2 atom stereocenters. The van der Waals surface area contributed by atoms with E-state index in [-0.39, 0.29) is 12.0 Å². The maximum absolute atomic E-state index is 9.04. The van der Waals surface area contributed by atoms with Crippen LogP contribution in [0.3, 0.4) is 0 Å². The van der Waals surface area contributed by atoms with E-state index in [2.05, 4.69) is 0 Å². The van der Waals surface area contributed by atoms with Gasteiger partial charge >= 0.3 is 0 Å². The van der Waals surface area contributed by atoms with Crippen LogP contribution in [-0.2, 0) is 0 Å². The lowest BCUT2D eigenvalue weighted by molar-refractivity contribution is 0.178. The van der Waals surface area contributed by atoms with Crippen LogP contribution in [0.2, 0.25) is 0 Å². The summed E-state index contributed by atoms with van der Waals surface area (Å²) in [4.78, 5) is 0. The van der Waals surface area contributed by atoms with E-state index < -0.39 is 0 Å². The first-order valence-electron chi connectivity index (χ1n) is 4.41. The lowest BCUT2D eigenvalue weighted by atomic mass is 9.99. The molecule has 68 valence electrons. The zero-order chi connectivity index (χ0) is 9.14. The van der Waals surface area contributed by atoms with Crippen molar-refractivity contribution in [1.82, 2.24) is 0 Å². The molecular weight excluding hydrogens is 152 g/mol. The SMILES string of the molecule is CC(O)CCC1CC(=N)CC1=N. The molecule has 0 aromatic heterocycles. The van der Waals surface area contributed by atoms with Crippen molar-refractivity contribution >= 4 is 11.4 Å². The molecule has 0 spiro atoms. The Kier molecular flexibility index (Phi) is 2.98. The quantitative estimate of drug-likeness (QED) is 0.588. The molecule has 2 unspecified atom stereocenters. The maximum Gasteiger partial charge on any atom is 0.0512 e. The predicted octanol–water partition coefficient (Wildman–Crippen LogP) is 1.60. The highest BCUT2D eigenvalue weighted by Gasteiger charge is 2.24. The van der Waals surface area contributed by atoms with Crippen molar-refractivity contribution in [3.63, 3.8) is 0 Å². The Labute approximate surface area is 72.8 Å². The van der Waals surface area contributed by atoms with Gasteiger partial charge in [-0.25, -0.2) is 0 Å². The van der Waals surface area contributed by atoms with E-state index >= 15 is 0 Å². The van der Waals surface area contributed by atoms with Gasteiger partial charge in [-0.1, -0.05) is 0 Å². The highest BCUT2D eigenvalue weighted by atomic mass is 16.3. The molecule has 3 nitrogen and oxygen atoms in total. The Bertz CT molecular complexity index is 199. The molecule has 0 saturated heterocycles. The summed E-state index contributed by atoms with van der Waals surface area (Å²) in [5, 5.41) is 24.0. The Morgan fingerprint density at radius 3 is 2.67 bits per heavy atom. The van der Waals surface area contributed by atoms with Gasteiger partial charge in [-0.05, 0) is 26.2 Å². The molecule has 0 aliphatic heterocycles. The van der Waals surface area contributed by atoms with Crippen LogP contribution >= 0.6 is 0 Å². The van der Waals surface area contributed by atoms with Crippen LogP contribution < -0.4 is 0 Å². The second kappa shape index (κ2) is 3.81. The molecule has 1 rings (SSSR count). The van der Waals surface area contributed by atoms with E-state index in [9.17, 15) is 0 Å². The Hall–Kier alpha value is -0.700. The highest BCUT2D eigenvalue weighted by molar-refractivity contribution is 6.09. The summed E-state index contributed by atoms with van der Waals surface area (Å²) in [5.74, 6) is 0.243. The van der Waals surface area contributed by atoms with Gasteiger partial charge in [-0.3, -0.25) is 0 Å². The van der Waals surface area contributed by atoms with Gasteiger partial charge < -0.3 is 15.9 Å². The van der Waals surface area contributed by atoms with Crippen molar-refractivity contribution in [1.29, 1.82) is 10.8 Å². The van der Waals surface area contributed by atoms with Gasteiger partial charge in [-0.2, -0.15) is 0 Å². The van der Waals surface area contributed by atoms with Gasteiger partial charge in [0.05, 0.1) is 6.10 Å². The van der Waals surface area contributed by atoms with Crippen LogP contribution in [0.4, 0.5) is 0 Å². The minimum atomic E-state index is -0.271. The molecule has 1 saturated carbocycles. The molecule has 1 aliphatic carbocycles. The summed E-state index contributed by atoms with van der Waals surface area (Å²) in [6.07, 6.45) is 2.64. The fourth-order valence-electron chi connectivity index (χ4n) is 1.59. The fraction of sp³-hybridized carbons (Fsp3) is 0.778. The molecule has 1 fully saturated rings. The number of rotatable bonds is 3. The normalized spacial score (nSPS) is 26.3. The van der Waals surface area contributed by atoms with E-state index in [4.69, 9.17) is 15.9 Å². The smallest absolute Gasteiger partial charge is 0.0512 e. The first-order valence-corrected chi connectivity index (χ1v) is 4.41. The summed E-state index contributed by atoms with van der Waals surface area (Å²) in [6.45, 7) is 1.77. The summed E-state index contributed by atoms with van der Waals surface area (Å²) >= 11 is 0. The van der Waals surface area contributed by atoms with Crippen molar-refractivity contribution in [3.05, 3.63) is 0 Å². The average Bonchev–Trinajstić information content (AvgIpc) is 2.26. The van der Waals surface area contributed by atoms with Gasteiger partial charge in [0.2, 0.25) is 0 Å². The molecule has 0 bridgehead atoms. The van der Waals surface area contributed by atoms with Crippen LogP contribution in [0.25, 0.3) is 0 Å². The summed E-state index contributed by atoms with van der Waals surface area (Å²) in [6, 6.07) is 0. The summed E-state index contributed by atoms with van der Waals surface area (Å²) < 4.78 is 0. The zero-order valence-electron chi connectivity index (χ0n) is 7.43. The molecule has 0 aromatic rings. The molecule has 12 heavy (non-hydrogen) atoms. The number of aliphatic hydroxyl groups is 1. The van der Waals surface area contributed by atoms with Gasteiger partial charge in [0, 0.05) is 23.8 Å². The zero-order valence-corrected chi connectivity index (χ0v) is 7.43. The molecule has 3 N–H and O–H groups in total. The van der Waals surface area contributed by atoms with Crippen LogP contribution in [-0.4, -0.2) is 22.6 Å². The van der Waals surface area contributed by atoms with Crippen molar-refractivity contribution in [2.45, 2.75) is 38.7 Å². The van der Waals surface area contributed by atoms with E-state index in [1.165, 1.54) is 0 Å². The van der Waals surface area contributed by atoms with Crippen molar-refractivity contribution in [3.8, 4) is 0 Å². The molecule has 0 aromatic carbocycles. The summed E-state index contributed by atoms with van der Waals surface area (Å²) in [5.41, 5.74) is 1.36. The monoisotopic (exact) mass is 168 g/mol. The number of aliphatic hydroxyl groups excluding tert-OH is 1. The Morgan fingerprint density at radius 2 is 2.25 bits per heavy atom. The minimum absolute atomic E-state index is 0.243. The molecule has 0 radical (unpaired) electrons. The third kappa shape index (κ3) is 2.41. The lowest BCUT2D eigenvalue weighted by Gasteiger charge is -2.09. The second-order valence-corrected chi connectivity index (χ2v) is 3.63. The average molecular weight is 168 g/mol. The maximum atomic E-state index is 9.04. The summed E-state index contributed by atoms with van der Waals surface area (Å²) in [7, 11) is 0. The minimum Gasteiger partial charge on any atom is -0.393 e. The van der Waals surface area contributed by atoms with Crippen molar-refractivity contribution in [2.75, 3.05) is 0 Å². The largest absolute Gasteiger partial charge is 0.393 e. The van der Waals surface area contributed by atoms with E-state index in [0.717, 1.165) is 19.3 Å². The molecule has 0 heterocycles. The van der Waals surface area contributed by atoms with Crippen molar-refractivity contribution < 1.29 is 5.11 Å². The number of hydrogen-bond acceptors (Lipinski definition) is 3. The second-order valence-electron chi connectivity index (χ2n) is 3.63. The first kappa shape index (κ1) is 9.39. The highest BCUT2D eigenvalue weighted by Crippen LogP contribution is 2.23. The van der Waals surface area contributed by atoms with E-state index in [1.54, 1.807) is 6.92 Å². The van der Waals surface area contributed by atoms with Crippen LogP contribution in [0.1, 0.15) is 32.6 Å². The molecule has 0 amide bonds. The van der Waals surface area contributed by atoms with Gasteiger partial charge in [0.15, 0.2) is 0 Å². The number of nitrogens with one attached hydrogen (secondary N) is 2. The Balaban J connectivity index is 2.33. The third-order valence-electron chi connectivity index (χ3n) is 2.32. The van der Waals surface area contributed by atoms with Crippen LogP contribution in [0, 0.1) is 16.7 Å². The predicted molar refractivity (Wildman–Crippen MR) is 49.1 cm³/mol. The van der Waals surface area contributed by atoms with Gasteiger partial charge in [0.25, 0.3) is 0 Å². The van der Waals surface area contributed by atoms with Crippen LogP contribution in [0.15, 0.2) is 0 Å². The molecule has 3 heteroatoms. The standard InChI is InChI=1S/C9H16N2O/c1-6(12)2-3-7-4-8(10)5-9(7)11/h6-7,10-12H,2-5H2,1H3. The van der Waals surface area contributed by atoms with E-state index in [0.29, 0.717) is 17.8 Å². The third-order valence-corrected chi connectivity index (χ3v) is 2.32.